The van der Waals surface area contributed by atoms with Crippen LogP contribution < -0.4 is 5.32 Å². The molecular formula is C18H33N3O2. The van der Waals surface area contributed by atoms with Gasteiger partial charge in [0, 0.05) is 19.6 Å². The van der Waals surface area contributed by atoms with E-state index in [1.165, 1.54) is 31.5 Å². The van der Waals surface area contributed by atoms with E-state index in [0.717, 1.165) is 32.0 Å². The summed E-state index contributed by atoms with van der Waals surface area (Å²) in [6.07, 6.45) is 5.52. The maximum atomic E-state index is 12.0. The van der Waals surface area contributed by atoms with E-state index in [1.807, 2.05) is 20.8 Å². The van der Waals surface area contributed by atoms with Crippen molar-refractivity contribution in [1.82, 2.24) is 15.1 Å². The molecule has 0 unspecified atom stereocenters. The second-order valence-corrected chi connectivity index (χ2v) is 7.92. The molecule has 0 saturated carbocycles. The SMILES string of the molecule is CN1CCC(CNCC2=CCN(C(=O)OC(C)(C)C)CC2)CC1. The number of hydrogen-bond acceptors (Lipinski definition) is 4. The number of rotatable bonds is 4. The van der Waals surface area contributed by atoms with Gasteiger partial charge in [-0.3, -0.25) is 0 Å². The average molecular weight is 323 g/mol. The maximum Gasteiger partial charge on any atom is 0.410 e. The number of carbonyl (C=O) groups excluding carboxylic acids is 1. The highest BCUT2D eigenvalue weighted by Crippen LogP contribution is 2.17. The second kappa shape index (κ2) is 8.15. The molecule has 0 bridgehead atoms. The first-order chi connectivity index (χ1) is 10.8. The summed E-state index contributed by atoms with van der Waals surface area (Å²) in [5, 5.41) is 3.60. The van der Waals surface area contributed by atoms with Gasteiger partial charge < -0.3 is 19.9 Å². The van der Waals surface area contributed by atoms with Gasteiger partial charge in [-0.25, -0.2) is 4.79 Å². The minimum atomic E-state index is -0.420. The Labute approximate surface area is 141 Å². The molecule has 5 heteroatoms. The molecule has 5 nitrogen and oxygen atoms in total. The summed E-state index contributed by atoms with van der Waals surface area (Å²) >= 11 is 0. The molecule has 0 spiro atoms. The minimum Gasteiger partial charge on any atom is -0.444 e. The van der Waals surface area contributed by atoms with Gasteiger partial charge in [0.05, 0.1) is 0 Å². The first kappa shape index (κ1) is 18.3. The molecule has 1 amide bonds. The van der Waals surface area contributed by atoms with E-state index in [2.05, 4.69) is 23.3 Å². The minimum absolute atomic E-state index is 0.202. The number of nitrogens with zero attached hydrogens (tertiary/aromatic N) is 2. The summed E-state index contributed by atoms with van der Waals surface area (Å²) in [7, 11) is 2.20. The van der Waals surface area contributed by atoms with Crippen LogP contribution in [0.25, 0.3) is 0 Å². The summed E-state index contributed by atoms with van der Waals surface area (Å²) in [5.41, 5.74) is 0.995. The van der Waals surface area contributed by atoms with Gasteiger partial charge in [-0.15, -0.1) is 0 Å². The van der Waals surface area contributed by atoms with Crippen molar-refractivity contribution in [2.24, 2.45) is 5.92 Å². The van der Waals surface area contributed by atoms with Crippen molar-refractivity contribution in [2.45, 2.75) is 45.6 Å². The van der Waals surface area contributed by atoms with Gasteiger partial charge in [-0.1, -0.05) is 11.6 Å². The number of nitrogens with one attached hydrogen (secondary N) is 1. The highest BCUT2D eigenvalue weighted by molar-refractivity contribution is 5.68. The molecule has 2 rings (SSSR count). The van der Waals surface area contributed by atoms with Crippen molar-refractivity contribution >= 4 is 6.09 Å². The summed E-state index contributed by atoms with van der Waals surface area (Å²) in [4.78, 5) is 16.2. The highest BCUT2D eigenvalue weighted by Gasteiger charge is 2.23. The van der Waals surface area contributed by atoms with Gasteiger partial charge in [0.1, 0.15) is 5.60 Å². The smallest absolute Gasteiger partial charge is 0.410 e. The van der Waals surface area contributed by atoms with E-state index in [0.29, 0.717) is 6.54 Å². The third-order valence-corrected chi connectivity index (χ3v) is 4.58. The topological polar surface area (TPSA) is 44.8 Å². The Bertz CT molecular complexity index is 420. The zero-order valence-electron chi connectivity index (χ0n) is 15.2. The third kappa shape index (κ3) is 6.51. The average Bonchev–Trinajstić information content (AvgIpc) is 2.48. The normalized spacial score (nSPS) is 21.2. The summed E-state index contributed by atoms with van der Waals surface area (Å²) in [6.45, 7) is 11.7. The molecule has 1 saturated heterocycles. The number of amides is 1. The van der Waals surface area contributed by atoms with Crippen LogP contribution in [0.2, 0.25) is 0 Å². The van der Waals surface area contributed by atoms with E-state index in [9.17, 15) is 4.79 Å². The molecule has 0 aromatic rings. The number of likely N-dealkylation sites (tertiary alicyclic amines) is 1. The van der Waals surface area contributed by atoms with E-state index in [4.69, 9.17) is 4.74 Å². The predicted molar refractivity (Wildman–Crippen MR) is 93.6 cm³/mol. The molecule has 23 heavy (non-hydrogen) atoms. The van der Waals surface area contributed by atoms with Gasteiger partial charge >= 0.3 is 6.09 Å². The molecule has 132 valence electrons. The number of carbonyl (C=O) groups is 1. The first-order valence-corrected chi connectivity index (χ1v) is 8.88. The summed E-state index contributed by atoms with van der Waals surface area (Å²) in [6, 6.07) is 0. The Morgan fingerprint density at radius 1 is 1.30 bits per heavy atom. The van der Waals surface area contributed by atoms with Gasteiger partial charge in [0.2, 0.25) is 0 Å². The van der Waals surface area contributed by atoms with Crippen molar-refractivity contribution in [1.29, 1.82) is 0 Å². The Hall–Kier alpha value is -1.07. The monoisotopic (exact) mass is 323 g/mol. The van der Waals surface area contributed by atoms with Gasteiger partial charge in [0.25, 0.3) is 0 Å². The van der Waals surface area contributed by atoms with Gasteiger partial charge in [-0.05, 0) is 72.6 Å². The van der Waals surface area contributed by atoms with Crippen LogP contribution in [0.15, 0.2) is 11.6 Å². The van der Waals surface area contributed by atoms with Crippen molar-refractivity contribution in [3.8, 4) is 0 Å². The van der Waals surface area contributed by atoms with Crippen molar-refractivity contribution in [3.63, 3.8) is 0 Å². The lowest BCUT2D eigenvalue weighted by molar-refractivity contribution is 0.0265. The van der Waals surface area contributed by atoms with Crippen LogP contribution in [-0.2, 0) is 4.74 Å². The Balaban J connectivity index is 1.65. The fourth-order valence-electron chi connectivity index (χ4n) is 3.07. The van der Waals surface area contributed by atoms with Crippen LogP contribution in [0.3, 0.4) is 0 Å². The fraction of sp³-hybridized carbons (Fsp3) is 0.833. The summed E-state index contributed by atoms with van der Waals surface area (Å²) < 4.78 is 5.42. The van der Waals surface area contributed by atoms with Gasteiger partial charge in [0.15, 0.2) is 0 Å². The third-order valence-electron chi connectivity index (χ3n) is 4.58. The molecule has 1 fully saturated rings. The summed E-state index contributed by atoms with van der Waals surface area (Å²) in [5.74, 6) is 0.814. The van der Waals surface area contributed by atoms with Crippen LogP contribution in [-0.4, -0.2) is 67.8 Å². The maximum absolute atomic E-state index is 12.0. The predicted octanol–water partition coefficient (Wildman–Crippen LogP) is 2.49. The molecule has 0 aromatic heterocycles. The standard InChI is InChI=1S/C18H33N3O2/c1-18(2,3)23-17(22)21-11-7-16(8-12-21)14-19-13-15-5-9-20(4)10-6-15/h7,15,19H,5-6,8-14H2,1-4H3. The molecule has 2 aliphatic rings. The molecule has 0 atom stereocenters. The zero-order valence-corrected chi connectivity index (χ0v) is 15.2. The Morgan fingerprint density at radius 3 is 2.57 bits per heavy atom. The quantitative estimate of drug-likeness (QED) is 0.807. The Morgan fingerprint density at radius 2 is 2.00 bits per heavy atom. The fourth-order valence-corrected chi connectivity index (χ4v) is 3.07. The number of piperidine rings is 1. The molecule has 0 aliphatic carbocycles. The van der Waals surface area contributed by atoms with Crippen LogP contribution in [0.4, 0.5) is 4.79 Å². The largest absolute Gasteiger partial charge is 0.444 e. The molecular weight excluding hydrogens is 290 g/mol. The van der Waals surface area contributed by atoms with Crippen molar-refractivity contribution < 1.29 is 9.53 Å². The zero-order chi connectivity index (χ0) is 16.9. The lowest BCUT2D eigenvalue weighted by Gasteiger charge is -2.30. The second-order valence-electron chi connectivity index (χ2n) is 7.92. The van der Waals surface area contributed by atoms with E-state index < -0.39 is 5.60 Å². The van der Waals surface area contributed by atoms with E-state index in [1.54, 1.807) is 4.90 Å². The van der Waals surface area contributed by atoms with Crippen LogP contribution in [0.1, 0.15) is 40.0 Å². The van der Waals surface area contributed by atoms with Crippen molar-refractivity contribution in [3.05, 3.63) is 11.6 Å². The molecule has 0 radical (unpaired) electrons. The number of ether oxygens (including phenoxy) is 1. The van der Waals surface area contributed by atoms with Crippen molar-refractivity contribution in [2.75, 3.05) is 46.3 Å². The highest BCUT2D eigenvalue weighted by atomic mass is 16.6. The van der Waals surface area contributed by atoms with Crippen LogP contribution >= 0.6 is 0 Å². The molecule has 2 aliphatic heterocycles. The molecule has 0 aromatic carbocycles. The lowest BCUT2D eigenvalue weighted by Crippen LogP contribution is -2.40. The molecule has 1 N–H and O–H groups in total. The number of hydrogen-bond donors (Lipinski definition) is 1. The molecule has 2 heterocycles. The first-order valence-electron chi connectivity index (χ1n) is 8.88. The van der Waals surface area contributed by atoms with E-state index >= 15 is 0 Å². The Kier molecular flexibility index (Phi) is 6.48. The van der Waals surface area contributed by atoms with Crippen LogP contribution in [0.5, 0.6) is 0 Å². The van der Waals surface area contributed by atoms with E-state index in [-0.39, 0.29) is 6.09 Å². The lowest BCUT2D eigenvalue weighted by atomic mass is 9.97. The van der Waals surface area contributed by atoms with Crippen LogP contribution in [0, 0.1) is 5.92 Å². The van der Waals surface area contributed by atoms with Gasteiger partial charge in [-0.2, -0.15) is 0 Å².